The second-order valence-corrected chi connectivity index (χ2v) is 20.9. The molecule has 32 nitrogen and oxygen atoms in total. The zero-order valence-corrected chi connectivity index (χ0v) is 45.1. The third-order valence-electron chi connectivity index (χ3n) is 15.3. The van der Waals surface area contributed by atoms with Crippen molar-refractivity contribution in [1.82, 2.24) is 67.8 Å². The van der Waals surface area contributed by atoms with Gasteiger partial charge in [0.2, 0.25) is 71.9 Å². The molecule has 12 amide bonds. The van der Waals surface area contributed by atoms with E-state index >= 15 is 0 Å². The van der Waals surface area contributed by atoms with Crippen LogP contribution in [0.15, 0.2) is 0 Å². The van der Waals surface area contributed by atoms with Crippen molar-refractivity contribution >= 4 is 71.9 Å². The summed E-state index contributed by atoms with van der Waals surface area (Å²) in [5.74, 6) is -8.05. The number of piperidine rings is 1. The van der Waals surface area contributed by atoms with Gasteiger partial charge in [0, 0.05) is 38.5 Å². The number of hydroxylamine groups is 4. The molecule has 454 valence electrons. The summed E-state index contributed by atoms with van der Waals surface area (Å²) in [6.07, 6.45) is -1.41. The number of carbonyl (C=O) groups is 12. The first-order valence-corrected chi connectivity index (χ1v) is 27.6. The quantitative estimate of drug-likeness (QED) is 0.0119. The maximum Gasteiger partial charge on any atom is 0.245 e. The maximum absolute atomic E-state index is 14.3. The summed E-state index contributed by atoms with van der Waals surface area (Å²) in [5, 5.41) is 85.0. The average molecular weight is 1150 g/mol. The molecule has 4 aliphatic heterocycles. The summed E-state index contributed by atoms with van der Waals surface area (Å²) in [6, 6.07) is -10.9. The smallest absolute Gasteiger partial charge is 0.245 e. The minimum absolute atomic E-state index is 0.0262. The molecule has 0 spiro atoms. The second-order valence-electron chi connectivity index (χ2n) is 20.9. The van der Waals surface area contributed by atoms with Crippen LogP contribution in [-0.2, 0) is 57.5 Å². The summed E-state index contributed by atoms with van der Waals surface area (Å²) in [7, 11) is 0. The summed E-state index contributed by atoms with van der Waals surface area (Å²) < 4.78 is 0. The number of nitrogens with one attached hydrogen (secondary N) is 9. The van der Waals surface area contributed by atoms with Crippen LogP contribution in [0.4, 0.5) is 0 Å². The Morgan fingerprint density at radius 1 is 0.704 bits per heavy atom. The molecule has 81 heavy (non-hydrogen) atoms. The third kappa shape index (κ3) is 18.5. The van der Waals surface area contributed by atoms with Gasteiger partial charge in [-0.2, -0.15) is 0 Å². The minimum atomic E-state index is -1.63. The van der Waals surface area contributed by atoms with E-state index in [9.17, 15) is 88.4 Å². The van der Waals surface area contributed by atoms with Gasteiger partial charge in [-0.05, 0) is 109 Å². The first kappa shape index (κ1) is 65.3. The van der Waals surface area contributed by atoms with Crippen LogP contribution in [0.3, 0.4) is 0 Å². The molecule has 4 heterocycles. The number of imide groups is 1. The lowest BCUT2D eigenvalue weighted by molar-refractivity contribution is -0.164. The predicted octanol–water partition coefficient (Wildman–Crippen LogP) is -7.91. The third-order valence-corrected chi connectivity index (χ3v) is 15.3. The largest absolute Gasteiger partial charge is 0.394 e. The SMILES string of the molecule is NCCCC[C@H](NC(=O)[C@@H](CO)NC(=O)[C@H]1CCNC2C(N3C(=O)CCC3=O)CC3CC(O)C(O)CC3N21)C(=O)NCC(=O)N[C@@H](CCCN(O)C=O)C(=O)N[C@H]1CCCCNC(=O)[C@H](CO)NC(=O)[C@@H](CCCN(O)C=O)NC1=O. The molecular weight excluding hydrogens is 1070 g/mol. The van der Waals surface area contributed by atoms with Crippen molar-refractivity contribution < 1.29 is 88.4 Å². The van der Waals surface area contributed by atoms with Crippen LogP contribution in [0.25, 0.3) is 0 Å². The zero-order chi connectivity index (χ0) is 59.3. The van der Waals surface area contributed by atoms with Crippen molar-refractivity contribution in [2.75, 3.05) is 52.5 Å². The van der Waals surface area contributed by atoms with Crippen LogP contribution in [0.5, 0.6) is 0 Å². The van der Waals surface area contributed by atoms with E-state index in [1.54, 1.807) is 4.90 Å². The molecule has 5 fully saturated rings. The number of hydrogen-bond acceptors (Lipinski definition) is 21. The zero-order valence-electron chi connectivity index (χ0n) is 45.1. The number of unbranched alkanes of at least 4 members (excludes halogenated alkanes) is 1. The van der Waals surface area contributed by atoms with Crippen LogP contribution in [0.1, 0.15) is 103 Å². The fraction of sp³-hybridized carbons (Fsp3) is 0.755. The molecule has 13 atom stereocenters. The second kappa shape index (κ2) is 32.2. The lowest BCUT2D eigenvalue weighted by Crippen LogP contribution is -2.75. The first-order chi connectivity index (χ1) is 38.7. The molecule has 0 radical (unpaired) electrons. The Hall–Kier alpha value is -6.52. The molecule has 0 aromatic rings. The number of hydrogen-bond donors (Lipinski definition) is 16. The highest BCUT2D eigenvalue weighted by molar-refractivity contribution is 6.02. The Balaban J connectivity index is 1.26. The van der Waals surface area contributed by atoms with Crippen LogP contribution < -0.4 is 53.6 Å². The minimum Gasteiger partial charge on any atom is -0.394 e. The number of carbonyl (C=O) groups excluding carboxylic acids is 12. The van der Waals surface area contributed by atoms with Gasteiger partial charge in [-0.1, -0.05) is 0 Å². The van der Waals surface area contributed by atoms with Crippen molar-refractivity contribution in [2.45, 2.75) is 175 Å². The van der Waals surface area contributed by atoms with E-state index in [1.165, 1.54) is 4.90 Å². The van der Waals surface area contributed by atoms with Crippen LogP contribution in [0, 0.1) is 5.92 Å². The van der Waals surface area contributed by atoms with E-state index in [1.807, 2.05) is 0 Å². The van der Waals surface area contributed by atoms with Gasteiger partial charge in [0.25, 0.3) is 0 Å². The van der Waals surface area contributed by atoms with Crippen LogP contribution >= 0.6 is 0 Å². The molecule has 0 bridgehead atoms. The van der Waals surface area contributed by atoms with Gasteiger partial charge in [0.05, 0.1) is 50.2 Å². The summed E-state index contributed by atoms with van der Waals surface area (Å²) in [6.45, 7) is -2.54. The highest BCUT2D eigenvalue weighted by Crippen LogP contribution is 2.43. The number of likely N-dealkylation sites (tertiary alicyclic amines) is 1. The predicted molar refractivity (Wildman–Crippen MR) is 276 cm³/mol. The highest BCUT2D eigenvalue weighted by atomic mass is 16.5. The lowest BCUT2D eigenvalue weighted by Gasteiger charge is -2.58. The van der Waals surface area contributed by atoms with Gasteiger partial charge in [-0.15, -0.1) is 0 Å². The molecule has 0 aromatic heterocycles. The standard InChI is InChI=1S/C49H80N14O18/c50-14-3-1-7-28(55-48(78)33(24-65)59-49(79)34-13-16-51-42-36(63-40(71)11-12-41(63)72)19-27-20-37(68)38(69)21-35(27)62(34)42)43(73)53-22-39(70)54-29(9-5-17-60(80)25-66)45(75)56-30-8-2-4-15-52-44(74)32(23-64)58-47(77)31(57-46(30)76)10-6-18-61(81)26-67/h25-38,42,51,64-65,68-69,80-81H,1-24,50H2,(H,52,74)(H,53,73)(H,54,70)(H,55,78)(H,56,75)(H,57,76)(H,58,77)(H,59,79)/t27?,28-,29-,30-,31+,32-,33+,34+,35?,36?,37?,38?,42?/m0/s1. The van der Waals surface area contributed by atoms with Crippen molar-refractivity contribution in [3.05, 3.63) is 0 Å². The van der Waals surface area contributed by atoms with Gasteiger partial charge in [0.1, 0.15) is 36.3 Å². The van der Waals surface area contributed by atoms with E-state index in [2.05, 4.69) is 47.9 Å². The van der Waals surface area contributed by atoms with Crippen LogP contribution in [0.2, 0.25) is 0 Å². The van der Waals surface area contributed by atoms with Gasteiger partial charge in [0.15, 0.2) is 0 Å². The number of amides is 12. The Kier molecular flexibility index (Phi) is 26.0. The number of aliphatic hydroxyl groups is 4. The van der Waals surface area contributed by atoms with Gasteiger partial charge < -0.3 is 68.7 Å². The Morgan fingerprint density at radius 3 is 2.02 bits per heavy atom. The highest BCUT2D eigenvalue weighted by Gasteiger charge is 2.55. The van der Waals surface area contributed by atoms with E-state index in [-0.39, 0.29) is 147 Å². The molecular formula is C49H80N14O18. The number of rotatable bonds is 27. The summed E-state index contributed by atoms with van der Waals surface area (Å²) >= 11 is 0. The molecule has 0 aromatic carbocycles. The van der Waals surface area contributed by atoms with Gasteiger partial charge in [-0.25, -0.2) is 10.1 Å². The van der Waals surface area contributed by atoms with Crippen molar-refractivity contribution in [1.29, 1.82) is 0 Å². The number of nitrogens with two attached hydrogens (primary N) is 1. The Labute approximate surface area is 466 Å². The fourth-order valence-electron chi connectivity index (χ4n) is 11.0. The normalized spacial score (nSPS) is 27.5. The number of fused-ring (bicyclic) bond motifs is 3. The van der Waals surface area contributed by atoms with E-state index in [0.717, 1.165) is 0 Å². The number of nitrogens with zero attached hydrogens (tertiary/aromatic N) is 4. The summed E-state index contributed by atoms with van der Waals surface area (Å²) in [4.78, 5) is 161. The molecule has 5 rings (SSSR count). The average Bonchev–Trinajstić information content (AvgIpc) is 3.89. The summed E-state index contributed by atoms with van der Waals surface area (Å²) in [5.41, 5.74) is 5.71. The molecule has 4 saturated heterocycles. The Bertz CT molecular complexity index is 2220. The maximum atomic E-state index is 14.3. The monoisotopic (exact) mass is 1150 g/mol. The molecule has 5 aliphatic rings. The van der Waals surface area contributed by atoms with Crippen molar-refractivity contribution in [3.63, 3.8) is 0 Å². The van der Waals surface area contributed by atoms with Crippen LogP contribution in [-0.4, -0.2) is 248 Å². The molecule has 1 aliphatic carbocycles. The molecule has 32 heteroatoms. The topological polar surface area (TPSA) is 473 Å². The lowest BCUT2D eigenvalue weighted by atomic mass is 9.72. The molecule has 17 N–H and O–H groups in total. The Morgan fingerprint density at radius 2 is 1.36 bits per heavy atom. The van der Waals surface area contributed by atoms with Gasteiger partial charge in [-0.3, -0.25) is 83.1 Å². The fourth-order valence-corrected chi connectivity index (χ4v) is 11.0. The van der Waals surface area contributed by atoms with Crippen molar-refractivity contribution in [3.8, 4) is 0 Å². The van der Waals surface area contributed by atoms with E-state index < -0.39 is 140 Å². The van der Waals surface area contributed by atoms with Gasteiger partial charge >= 0.3 is 0 Å². The number of aliphatic hydroxyl groups excluding tert-OH is 4. The van der Waals surface area contributed by atoms with E-state index in [4.69, 9.17) is 5.73 Å². The first-order valence-electron chi connectivity index (χ1n) is 27.6. The molecule has 1 saturated carbocycles. The molecule has 6 unspecified atom stereocenters. The van der Waals surface area contributed by atoms with Crippen molar-refractivity contribution in [2.24, 2.45) is 11.7 Å². The van der Waals surface area contributed by atoms with E-state index in [0.29, 0.717) is 29.4 Å².